The number of amides is 1. The molecule has 0 rings (SSSR count). The standard InChI is InChI=1S/2C2H5.CH3NO2S2.Zn/c2*1-2;3-1(4)2-6-5;/h2*1H2,2H3;2,5H,(H,3,4);/q2*-1;;+2. The molecule has 0 aromatic carbocycles. The molecule has 0 aromatic heterocycles. The van der Waals surface area contributed by atoms with Gasteiger partial charge in [0.05, 0.1) is 0 Å². The third kappa shape index (κ3) is 60.6. The van der Waals surface area contributed by atoms with E-state index >= 15 is 0 Å². The number of hydrogen-bond donors (Lipinski definition) is 3. The topological polar surface area (TPSA) is 49.3 Å². The molecule has 0 aliphatic heterocycles. The zero-order chi connectivity index (χ0) is 8.99. The summed E-state index contributed by atoms with van der Waals surface area (Å²) in [6, 6.07) is 0. The van der Waals surface area contributed by atoms with Crippen molar-refractivity contribution in [2.24, 2.45) is 0 Å². The van der Waals surface area contributed by atoms with Crippen molar-refractivity contribution in [3.8, 4) is 0 Å². The van der Waals surface area contributed by atoms with Crippen molar-refractivity contribution in [1.82, 2.24) is 4.72 Å². The van der Waals surface area contributed by atoms with Crippen molar-refractivity contribution >= 4 is 28.7 Å². The summed E-state index contributed by atoms with van der Waals surface area (Å²) >= 11 is 3.48. The molecule has 0 aliphatic rings. The van der Waals surface area contributed by atoms with Gasteiger partial charge >= 0.3 is 25.6 Å². The van der Waals surface area contributed by atoms with Crippen LogP contribution in [0.3, 0.4) is 0 Å². The average Bonchev–Trinajstić information content (AvgIpc) is 1.96. The van der Waals surface area contributed by atoms with Crippen LogP contribution in [-0.4, -0.2) is 11.2 Å². The number of thiol groups is 1. The molecule has 0 unspecified atom stereocenters. The predicted molar refractivity (Wildman–Crippen MR) is 49.8 cm³/mol. The first-order chi connectivity index (χ1) is 4.77. The first-order valence-electron chi connectivity index (χ1n) is 2.48. The smallest absolute Gasteiger partial charge is 0.464 e. The van der Waals surface area contributed by atoms with E-state index in [-0.39, 0.29) is 19.5 Å². The Hall–Kier alpha value is 0.593. The minimum Gasteiger partial charge on any atom is -0.464 e. The Kier molecular flexibility index (Phi) is 63.9. The Morgan fingerprint density at radius 1 is 1.45 bits per heavy atom. The van der Waals surface area contributed by atoms with Gasteiger partial charge in [-0.1, -0.05) is 11.7 Å². The number of carbonyl (C=O) groups is 1. The molecule has 0 bridgehead atoms. The van der Waals surface area contributed by atoms with Crippen LogP contribution >= 0.6 is 22.6 Å². The van der Waals surface area contributed by atoms with E-state index in [0.717, 1.165) is 11.0 Å². The Labute approximate surface area is 90.4 Å². The van der Waals surface area contributed by atoms with Crippen molar-refractivity contribution in [3.63, 3.8) is 0 Å². The van der Waals surface area contributed by atoms with Gasteiger partial charge in [-0.25, -0.2) is 4.79 Å². The molecule has 6 heteroatoms. The van der Waals surface area contributed by atoms with Crippen molar-refractivity contribution in [3.05, 3.63) is 13.8 Å². The molecule has 64 valence electrons. The molecule has 1 amide bonds. The number of carboxylic acid groups (broad SMARTS) is 1. The summed E-state index contributed by atoms with van der Waals surface area (Å²) in [5.41, 5.74) is 0. The van der Waals surface area contributed by atoms with Crippen LogP contribution in [0.15, 0.2) is 0 Å². The third-order valence-corrected chi connectivity index (χ3v) is 0.673. The quantitative estimate of drug-likeness (QED) is 0.220. The number of nitrogens with one attached hydrogen (secondary N) is 1. The Morgan fingerprint density at radius 2 is 1.73 bits per heavy atom. The van der Waals surface area contributed by atoms with Gasteiger partial charge in [-0.3, -0.25) is 4.72 Å². The van der Waals surface area contributed by atoms with Crippen LogP contribution in [-0.2, 0) is 19.5 Å². The first-order valence-corrected chi connectivity index (χ1v) is 4.35. The molecule has 0 heterocycles. The molecular weight excluding hydrogens is 236 g/mol. The van der Waals surface area contributed by atoms with Crippen LogP contribution in [0.1, 0.15) is 13.8 Å². The largest absolute Gasteiger partial charge is 2.00 e. The number of hydrogen-bond acceptors (Lipinski definition) is 3. The van der Waals surface area contributed by atoms with Gasteiger partial charge < -0.3 is 19.0 Å². The Bertz CT molecular complexity index is 66.4. The van der Waals surface area contributed by atoms with E-state index < -0.39 is 6.09 Å². The second-order valence-corrected chi connectivity index (χ2v) is 1.43. The molecule has 0 radical (unpaired) electrons. The Balaban J connectivity index is -0.0000000428. The van der Waals surface area contributed by atoms with Gasteiger partial charge in [0.25, 0.3) is 0 Å². The summed E-state index contributed by atoms with van der Waals surface area (Å²) in [5.74, 6) is 0. The molecular formula is C5H13NO2S2Zn. The van der Waals surface area contributed by atoms with Crippen molar-refractivity contribution in [2.75, 3.05) is 0 Å². The fourth-order valence-electron chi connectivity index (χ4n) is 0.0390. The second kappa shape index (κ2) is 31.2. The van der Waals surface area contributed by atoms with E-state index in [1.54, 1.807) is 13.8 Å². The van der Waals surface area contributed by atoms with Crippen LogP contribution in [0, 0.1) is 13.8 Å². The molecule has 0 aliphatic carbocycles. The second-order valence-electron chi connectivity index (χ2n) is 0.499. The summed E-state index contributed by atoms with van der Waals surface area (Å²) < 4.78 is 1.91. The zero-order valence-electron chi connectivity index (χ0n) is 6.83. The van der Waals surface area contributed by atoms with Crippen LogP contribution in [0.2, 0.25) is 0 Å². The van der Waals surface area contributed by atoms with Crippen molar-refractivity contribution in [1.29, 1.82) is 0 Å². The molecule has 11 heavy (non-hydrogen) atoms. The molecule has 0 atom stereocenters. The maximum atomic E-state index is 9.42. The molecule has 0 spiro atoms. The van der Waals surface area contributed by atoms with E-state index in [4.69, 9.17) is 5.11 Å². The van der Waals surface area contributed by atoms with E-state index in [2.05, 4.69) is 25.5 Å². The zero-order valence-corrected chi connectivity index (χ0v) is 11.5. The number of rotatable bonds is 1. The van der Waals surface area contributed by atoms with Gasteiger partial charge in [0.2, 0.25) is 0 Å². The summed E-state index contributed by atoms with van der Waals surface area (Å²) in [6.07, 6.45) is -1.07. The molecule has 0 saturated heterocycles. The van der Waals surface area contributed by atoms with Gasteiger partial charge in [-0.05, 0) is 0 Å². The maximum absolute atomic E-state index is 9.42. The minimum absolute atomic E-state index is 0. The van der Waals surface area contributed by atoms with Gasteiger partial charge in [-0.15, -0.1) is 0 Å². The summed E-state index contributed by atoms with van der Waals surface area (Å²) in [6.45, 7) is 10.0. The predicted octanol–water partition coefficient (Wildman–Crippen LogP) is 2.43. The fourth-order valence-corrected chi connectivity index (χ4v) is 0.351. The van der Waals surface area contributed by atoms with Gasteiger partial charge in [0, 0.05) is 11.0 Å². The van der Waals surface area contributed by atoms with Gasteiger partial charge in [0.1, 0.15) is 0 Å². The summed E-state index contributed by atoms with van der Waals surface area (Å²) in [4.78, 5) is 9.42. The molecule has 2 N–H and O–H groups in total. The van der Waals surface area contributed by atoms with E-state index in [1.807, 2.05) is 4.72 Å². The van der Waals surface area contributed by atoms with Crippen LogP contribution in [0.5, 0.6) is 0 Å². The van der Waals surface area contributed by atoms with Crippen LogP contribution in [0.4, 0.5) is 4.79 Å². The van der Waals surface area contributed by atoms with E-state index in [9.17, 15) is 4.79 Å². The van der Waals surface area contributed by atoms with Crippen LogP contribution in [0.25, 0.3) is 0 Å². The molecule has 3 nitrogen and oxygen atoms in total. The van der Waals surface area contributed by atoms with Gasteiger partial charge in [0.15, 0.2) is 0 Å². The molecule has 0 aromatic rings. The van der Waals surface area contributed by atoms with Crippen LogP contribution < -0.4 is 4.72 Å². The minimum atomic E-state index is -1.07. The monoisotopic (exact) mass is 247 g/mol. The maximum Gasteiger partial charge on any atom is 2.00 e. The fraction of sp³-hybridized carbons (Fsp3) is 0.400. The summed E-state index contributed by atoms with van der Waals surface area (Å²) in [5, 5.41) is 7.73. The average molecular weight is 249 g/mol. The summed E-state index contributed by atoms with van der Waals surface area (Å²) in [7, 11) is 0.755. The van der Waals surface area contributed by atoms with Gasteiger partial charge in [-0.2, -0.15) is 13.8 Å². The van der Waals surface area contributed by atoms with Crippen molar-refractivity contribution < 1.29 is 29.4 Å². The van der Waals surface area contributed by atoms with E-state index in [1.165, 1.54) is 0 Å². The SMILES string of the molecule is O=C(O)NSS.[CH2-]C.[CH2-]C.[Zn+2]. The normalized spacial score (nSPS) is 5.18. The third-order valence-electron chi connectivity index (χ3n) is 0.133. The van der Waals surface area contributed by atoms with Crippen molar-refractivity contribution in [2.45, 2.75) is 13.8 Å². The molecule has 0 saturated carbocycles. The van der Waals surface area contributed by atoms with E-state index in [0.29, 0.717) is 0 Å². The molecule has 0 fully saturated rings. The first kappa shape index (κ1) is 22.6. The Morgan fingerprint density at radius 3 is 1.73 bits per heavy atom.